The highest BCUT2D eigenvalue weighted by atomic mass is 32.1. The molecule has 2 aromatic rings. The number of hydrogen-bond acceptors (Lipinski definition) is 4. The van der Waals surface area contributed by atoms with Gasteiger partial charge in [0.2, 0.25) is 0 Å². The number of anilines is 2. The zero-order chi connectivity index (χ0) is 15.6. The van der Waals surface area contributed by atoms with Crippen LogP contribution in [-0.4, -0.2) is 27.1 Å². The normalized spacial score (nSPS) is 10.4. The van der Waals surface area contributed by atoms with E-state index in [2.05, 4.69) is 20.6 Å². The van der Waals surface area contributed by atoms with Crippen molar-refractivity contribution >= 4 is 34.2 Å². The van der Waals surface area contributed by atoms with Crippen LogP contribution in [0.15, 0.2) is 6.07 Å². The highest BCUT2D eigenvalue weighted by molar-refractivity contribution is 7.15. The Balaban J connectivity index is 2.09. The van der Waals surface area contributed by atoms with Crippen LogP contribution >= 0.6 is 11.3 Å². The summed E-state index contributed by atoms with van der Waals surface area (Å²) in [6, 6.07) is 1.04. The lowest BCUT2D eigenvalue weighted by atomic mass is 10.3. The van der Waals surface area contributed by atoms with Crippen LogP contribution in [-0.2, 0) is 6.42 Å². The largest absolute Gasteiger partial charge is 0.477 e. The van der Waals surface area contributed by atoms with Crippen molar-refractivity contribution in [1.82, 2.24) is 9.97 Å². The van der Waals surface area contributed by atoms with Gasteiger partial charge in [0.05, 0.1) is 11.4 Å². The number of aromatic amines is 1. The molecular formula is C13H16N4O3S. The van der Waals surface area contributed by atoms with E-state index in [1.165, 1.54) is 11.3 Å². The molecule has 2 heterocycles. The first kappa shape index (κ1) is 15.0. The SMILES string of the molecule is CCc1nc(NC(=O)Nc2cc(C)[nH]c2C(=O)O)sc1C. The van der Waals surface area contributed by atoms with Crippen molar-refractivity contribution in [3.8, 4) is 0 Å². The van der Waals surface area contributed by atoms with E-state index < -0.39 is 12.0 Å². The maximum absolute atomic E-state index is 11.9. The summed E-state index contributed by atoms with van der Waals surface area (Å²) in [5.74, 6) is -1.13. The van der Waals surface area contributed by atoms with E-state index in [1.807, 2.05) is 13.8 Å². The van der Waals surface area contributed by atoms with Gasteiger partial charge in [-0.15, -0.1) is 11.3 Å². The maximum atomic E-state index is 11.9. The van der Waals surface area contributed by atoms with Crippen molar-refractivity contribution in [2.45, 2.75) is 27.2 Å². The molecule has 8 heteroatoms. The molecule has 0 spiro atoms. The molecule has 2 rings (SSSR count). The second kappa shape index (κ2) is 5.96. The molecule has 2 amide bonds. The summed E-state index contributed by atoms with van der Waals surface area (Å²) in [4.78, 5) is 31.0. The first-order chi connectivity index (χ1) is 9.90. The average Bonchev–Trinajstić information content (AvgIpc) is 2.92. The number of carboxylic acid groups (broad SMARTS) is 1. The van der Waals surface area contributed by atoms with Crippen molar-refractivity contribution in [3.63, 3.8) is 0 Å². The zero-order valence-corrected chi connectivity index (χ0v) is 12.7. The third kappa shape index (κ3) is 3.40. The number of carboxylic acids is 1. The topological polar surface area (TPSA) is 107 Å². The summed E-state index contributed by atoms with van der Waals surface area (Å²) < 4.78 is 0. The molecule has 0 saturated carbocycles. The van der Waals surface area contributed by atoms with Gasteiger partial charge in [-0.1, -0.05) is 6.92 Å². The van der Waals surface area contributed by atoms with Gasteiger partial charge in [-0.3, -0.25) is 5.32 Å². The Morgan fingerprint density at radius 3 is 2.67 bits per heavy atom. The molecular weight excluding hydrogens is 292 g/mol. The van der Waals surface area contributed by atoms with E-state index in [9.17, 15) is 9.59 Å². The fourth-order valence-electron chi connectivity index (χ4n) is 1.92. The van der Waals surface area contributed by atoms with Gasteiger partial charge in [0.25, 0.3) is 0 Å². The molecule has 0 aromatic carbocycles. The fourth-order valence-corrected chi connectivity index (χ4v) is 2.81. The maximum Gasteiger partial charge on any atom is 0.354 e. The van der Waals surface area contributed by atoms with Crippen molar-refractivity contribution in [3.05, 3.63) is 28.0 Å². The van der Waals surface area contributed by atoms with Crippen molar-refractivity contribution in [1.29, 1.82) is 0 Å². The Morgan fingerprint density at radius 2 is 2.10 bits per heavy atom. The Hall–Kier alpha value is -2.35. The smallest absolute Gasteiger partial charge is 0.354 e. The standard InChI is InChI=1S/C13H16N4O3S/c1-4-8-7(3)21-13(16-8)17-12(20)15-9-5-6(2)14-10(9)11(18)19/h5,14H,4H2,1-3H3,(H,18,19)(H2,15,16,17,20). The van der Waals surface area contributed by atoms with Gasteiger partial charge in [-0.05, 0) is 26.3 Å². The van der Waals surface area contributed by atoms with Gasteiger partial charge >= 0.3 is 12.0 Å². The minimum atomic E-state index is -1.13. The van der Waals surface area contributed by atoms with Crippen LogP contribution in [0.5, 0.6) is 0 Å². The van der Waals surface area contributed by atoms with Crippen LogP contribution in [0.25, 0.3) is 0 Å². The molecule has 0 saturated heterocycles. The second-order valence-electron chi connectivity index (χ2n) is 4.50. The molecule has 0 radical (unpaired) electrons. The van der Waals surface area contributed by atoms with Gasteiger partial charge in [0.15, 0.2) is 5.13 Å². The van der Waals surface area contributed by atoms with Crippen LogP contribution in [0.4, 0.5) is 15.6 Å². The molecule has 0 aliphatic heterocycles. The molecule has 0 aliphatic carbocycles. The number of hydrogen-bond donors (Lipinski definition) is 4. The first-order valence-corrected chi connectivity index (χ1v) is 7.19. The summed E-state index contributed by atoms with van der Waals surface area (Å²) in [6.45, 7) is 5.65. The average molecular weight is 308 g/mol. The number of rotatable bonds is 4. The highest BCUT2D eigenvalue weighted by Gasteiger charge is 2.16. The van der Waals surface area contributed by atoms with E-state index in [0.717, 1.165) is 17.0 Å². The number of carbonyl (C=O) groups excluding carboxylic acids is 1. The van der Waals surface area contributed by atoms with Crippen LogP contribution in [0.2, 0.25) is 0 Å². The summed E-state index contributed by atoms with van der Waals surface area (Å²) in [5.41, 5.74) is 1.77. The number of nitrogens with zero attached hydrogens (tertiary/aromatic N) is 1. The number of H-pyrrole nitrogens is 1. The molecule has 0 unspecified atom stereocenters. The second-order valence-corrected chi connectivity index (χ2v) is 5.70. The van der Waals surface area contributed by atoms with Crippen molar-refractivity contribution in [2.24, 2.45) is 0 Å². The Kier molecular flexibility index (Phi) is 4.27. The Bertz CT molecular complexity index is 690. The molecule has 0 fully saturated rings. The summed E-state index contributed by atoms with van der Waals surface area (Å²) in [6.07, 6.45) is 0.797. The predicted octanol–water partition coefficient (Wildman–Crippen LogP) is 2.99. The molecule has 0 atom stereocenters. The first-order valence-electron chi connectivity index (χ1n) is 6.38. The number of aromatic carboxylic acids is 1. The van der Waals surface area contributed by atoms with Gasteiger partial charge in [-0.2, -0.15) is 0 Å². The van der Waals surface area contributed by atoms with Gasteiger partial charge in [0, 0.05) is 10.6 Å². The zero-order valence-electron chi connectivity index (χ0n) is 11.9. The summed E-state index contributed by atoms with van der Waals surface area (Å²) in [5, 5.41) is 14.7. The van der Waals surface area contributed by atoms with E-state index in [0.29, 0.717) is 10.8 Å². The Labute approximate surface area is 125 Å². The van der Waals surface area contributed by atoms with E-state index >= 15 is 0 Å². The molecule has 2 aromatic heterocycles. The molecule has 112 valence electrons. The number of amides is 2. The minimum Gasteiger partial charge on any atom is -0.477 e. The lowest BCUT2D eigenvalue weighted by Gasteiger charge is -2.04. The number of urea groups is 1. The van der Waals surface area contributed by atoms with Crippen LogP contribution in [0.3, 0.4) is 0 Å². The van der Waals surface area contributed by atoms with Gasteiger partial charge < -0.3 is 15.4 Å². The van der Waals surface area contributed by atoms with Crippen LogP contribution in [0.1, 0.15) is 33.7 Å². The monoisotopic (exact) mass is 308 g/mol. The summed E-state index contributed by atoms with van der Waals surface area (Å²) >= 11 is 1.39. The van der Waals surface area contributed by atoms with Gasteiger partial charge in [-0.25, -0.2) is 14.6 Å². The third-order valence-corrected chi connectivity index (χ3v) is 3.79. The quantitative estimate of drug-likeness (QED) is 0.696. The number of aryl methyl sites for hydroxylation is 3. The predicted molar refractivity (Wildman–Crippen MR) is 81.4 cm³/mol. The lowest BCUT2D eigenvalue weighted by molar-refractivity contribution is 0.0692. The fraction of sp³-hybridized carbons (Fsp3) is 0.308. The van der Waals surface area contributed by atoms with Crippen LogP contribution in [0, 0.1) is 13.8 Å². The number of carbonyl (C=O) groups is 2. The molecule has 0 aliphatic rings. The molecule has 21 heavy (non-hydrogen) atoms. The van der Waals surface area contributed by atoms with Gasteiger partial charge in [0.1, 0.15) is 5.69 Å². The molecule has 7 nitrogen and oxygen atoms in total. The van der Waals surface area contributed by atoms with E-state index in [1.54, 1.807) is 13.0 Å². The minimum absolute atomic E-state index is 0.0489. The lowest BCUT2D eigenvalue weighted by Crippen LogP contribution is -2.20. The number of nitrogens with one attached hydrogen (secondary N) is 3. The molecule has 0 bridgehead atoms. The number of aromatic nitrogens is 2. The Morgan fingerprint density at radius 1 is 1.38 bits per heavy atom. The van der Waals surface area contributed by atoms with E-state index in [4.69, 9.17) is 5.11 Å². The highest BCUT2D eigenvalue weighted by Crippen LogP contribution is 2.23. The summed E-state index contributed by atoms with van der Waals surface area (Å²) in [7, 11) is 0. The van der Waals surface area contributed by atoms with Crippen molar-refractivity contribution in [2.75, 3.05) is 10.6 Å². The number of thiazole rings is 1. The van der Waals surface area contributed by atoms with Crippen LogP contribution < -0.4 is 10.6 Å². The van der Waals surface area contributed by atoms with Crippen molar-refractivity contribution < 1.29 is 14.7 Å². The molecule has 4 N–H and O–H groups in total. The third-order valence-electron chi connectivity index (χ3n) is 2.86. The van der Waals surface area contributed by atoms with E-state index in [-0.39, 0.29) is 11.4 Å².